The SMILES string of the molecule is C[C@@H](NCC(/C(N)=N/O)c1ccccc1)C1CCCC1. The van der Waals surface area contributed by atoms with Crippen molar-refractivity contribution in [1.82, 2.24) is 5.32 Å². The van der Waals surface area contributed by atoms with Crippen LogP contribution in [0.5, 0.6) is 0 Å². The average Bonchev–Trinajstić information content (AvgIpc) is 3.02. The molecule has 1 unspecified atom stereocenters. The van der Waals surface area contributed by atoms with E-state index in [4.69, 9.17) is 10.9 Å². The Morgan fingerprint density at radius 2 is 2.00 bits per heavy atom. The zero-order valence-electron chi connectivity index (χ0n) is 12.1. The second-order valence-corrected chi connectivity index (χ2v) is 5.73. The fraction of sp³-hybridized carbons (Fsp3) is 0.562. The zero-order valence-corrected chi connectivity index (χ0v) is 12.1. The highest BCUT2D eigenvalue weighted by Gasteiger charge is 2.23. The summed E-state index contributed by atoms with van der Waals surface area (Å²) in [5, 5.41) is 15.7. The van der Waals surface area contributed by atoms with Crippen molar-refractivity contribution in [2.75, 3.05) is 6.54 Å². The lowest BCUT2D eigenvalue weighted by atomic mass is 9.95. The van der Waals surface area contributed by atoms with Crippen molar-refractivity contribution >= 4 is 5.84 Å². The molecule has 2 rings (SSSR count). The normalized spacial score (nSPS) is 19.9. The maximum atomic E-state index is 8.98. The molecule has 4 heteroatoms. The maximum Gasteiger partial charge on any atom is 0.147 e. The standard InChI is InChI=1S/C16H25N3O/c1-12(13-7-5-6-8-13)18-11-15(16(17)19-20)14-9-3-2-4-10-14/h2-4,9-10,12-13,15,18,20H,5-8,11H2,1H3,(H2,17,19)/t12-,15?/m1/s1. The van der Waals surface area contributed by atoms with Gasteiger partial charge in [0.15, 0.2) is 0 Å². The molecule has 0 radical (unpaired) electrons. The predicted octanol–water partition coefficient (Wildman–Crippen LogP) is 2.68. The lowest BCUT2D eigenvalue weighted by Crippen LogP contribution is -2.39. The van der Waals surface area contributed by atoms with E-state index in [1.807, 2.05) is 30.3 Å². The monoisotopic (exact) mass is 275 g/mol. The van der Waals surface area contributed by atoms with Crippen molar-refractivity contribution in [2.45, 2.75) is 44.6 Å². The Hall–Kier alpha value is -1.55. The van der Waals surface area contributed by atoms with E-state index in [1.54, 1.807) is 0 Å². The molecule has 0 amide bonds. The number of hydrogen-bond acceptors (Lipinski definition) is 3. The molecule has 1 aromatic rings. The van der Waals surface area contributed by atoms with Crippen molar-refractivity contribution in [3.8, 4) is 0 Å². The summed E-state index contributed by atoms with van der Waals surface area (Å²) in [7, 11) is 0. The largest absolute Gasteiger partial charge is 0.409 e. The van der Waals surface area contributed by atoms with Gasteiger partial charge in [0.25, 0.3) is 0 Å². The lowest BCUT2D eigenvalue weighted by molar-refractivity contribution is 0.314. The third-order valence-electron chi connectivity index (χ3n) is 4.43. The van der Waals surface area contributed by atoms with Gasteiger partial charge in [-0.05, 0) is 31.2 Å². The van der Waals surface area contributed by atoms with Gasteiger partial charge in [0, 0.05) is 12.6 Å². The van der Waals surface area contributed by atoms with Crippen LogP contribution in [0.4, 0.5) is 0 Å². The van der Waals surface area contributed by atoms with Gasteiger partial charge in [0.1, 0.15) is 5.84 Å². The molecule has 4 nitrogen and oxygen atoms in total. The van der Waals surface area contributed by atoms with E-state index >= 15 is 0 Å². The van der Waals surface area contributed by atoms with Crippen LogP contribution in [0, 0.1) is 5.92 Å². The van der Waals surface area contributed by atoms with E-state index in [-0.39, 0.29) is 11.8 Å². The van der Waals surface area contributed by atoms with E-state index in [0.717, 1.165) is 11.5 Å². The molecule has 1 aliphatic rings. The van der Waals surface area contributed by atoms with Crippen LogP contribution < -0.4 is 11.1 Å². The first kappa shape index (κ1) is 14.9. The summed E-state index contributed by atoms with van der Waals surface area (Å²) in [5.41, 5.74) is 6.93. The molecule has 2 atom stereocenters. The fourth-order valence-corrected chi connectivity index (χ4v) is 3.08. The van der Waals surface area contributed by atoms with Crippen LogP contribution in [0.1, 0.15) is 44.1 Å². The molecule has 0 aromatic heterocycles. The number of hydrogen-bond donors (Lipinski definition) is 3. The molecule has 0 bridgehead atoms. The van der Waals surface area contributed by atoms with E-state index in [9.17, 15) is 0 Å². The van der Waals surface area contributed by atoms with Crippen molar-refractivity contribution < 1.29 is 5.21 Å². The topological polar surface area (TPSA) is 70.6 Å². The molecule has 1 aromatic carbocycles. The molecular formula is C16H25N3O. The first-order valence-corrected chi connectivity index (χ1v) is 7.48. The van der Waals surface area contributed by atoms with Crippen LogP contribution in [0.25, 0.3) is 0 Å². The Balaban J connectivity index is 1.98. The summed E-state index contributed by atoms with van der Waals surface area (Å²) in [4.78, 5) is 0. The van der Waals surface area contributed by atoms with Crippen LogP contribution in [0.2, 0.25) is 0 Å². The van der Waals surface area contributed by atoms with Gasteiger partial charge < -0.3 is 16.3 Å². The summed E-state index contributed by atoms with van der Waals surface area (Å²) < 4.78 is 0. The summed E-state index contributed by atoms with van der Waals surface area (Å²) in [6.07, 6.45) is 5.32. The van der Waals surface area contributed by atoms with Crippen LogP contribution in [0.3, 0.4) is 0 Å². The molecule has 20 heavy (non-hydrogen) atoms. The highest BCUT2D eigenvalue weighted by atomic mass is 16.4. The van der Waals surface area contributed by atoms with Gasteiger partial charge in [-0.2, -0.15) is 0 Å². The Labute approximate surface area is 121 Å². The molecule has 1 aliphatic carbocycles. The first-order chi connectivity index (χ1) is 9.72. The molecule has 4 N–H and O–H groups in total. The Bertz CT molecular complexity index is 427. The van der Waals surface area contributed by atoms with Crippen LogP contribution in [-0.2, 0) is 0 Å². The van der Waals surface area contributed by atoms with Gasteiger partial charge in [-0.1, -0.05) is 48.3 Å². The fourth-order valence-electron chi connectivity index (χ4n) is 3.08. The quantitative estimate of drug-likeness (QED) is 0.323. The third-order valence-corrected chi connectivity index (χ3v) is 4.43. The number of nitrogens with two attached hydrogens (primary N) is 1. The van der Waals surface area contributed by atoms with Gasteiger partial charge >= 0.3 is 0 Å². The van der Waals surface area contributed by atoms with Crippen molar-refractivity contribution in [3.63, 3.8) is 0 Å². The average molecular weight is 275 g/mol. The maximum absolute atomic E-state index is 8.98. The third kappa shape index (κ3) is 3.73. The second kappa shape index (κ2) is 7.29. The molecule has 0 saturated heterocycles. The van der Waals surface area contributed by atoms with E-state index in [0.29, 0.717) is 12.6 Å². The van der Waals surface area contributed by atoms with Gasteiger partial charge in [0.05, 0.1) is 5.92 Å². The number of benzene rings is 1. The van der Waals surface area contributed by atoms with Gasteiger partial charge in [-0.3, -0.25) is 0 Å². The molecular weight excluding hydrogens is 250 g/mol. The second-order valence-electron chi connectivity index (χ2n) is 5.73. The zero-order chi connectivity index (χ0) is 14.4. The lowest BCUT2D eigenvalue weighted by Gasteiger charge is -2.24. The highest BCUT2D eigenvalue weighted by Crippen LogP contribution is 2.27. The summed E-state index contributed by atoms with van der Waals surface area (Å²) in [6, 6.07) is 10.5. The van der Waals surface area contributed by atoms with E-state index in [2.05, 4.69) is 17.4 Å². The Morgan fingerprint density at radius 1 is 1.35 bits per heavy atom. The summed E-state index contributed by atoms with van der Waals surface area (Å²) in [6.45, 7) is 2.95. The number of nitrogens with zero attached hydrogens (tertiary/aromatic N) is 1. The minimum Gasteiger partial charge on any atom is -0.409 e. The van der Waals surface area contributed by atoms with Gasteiger partial charge in [-0.15, -0.1) is 0 Å². The number of amidine groups is 1. The Kier molecular flexibility index (Phi) is 5.41. The van der Waals surface area contributed by atoms with Crippen LogP contribution in [-0.4, -0.2) is 23.6 Å². The summed E-state index contributed by atoms with van der Waals surface area (Å²) >= 11 is 0. The van der Waals surface area contributed by atoms with Gasteiger partial charge in [-0.25, -0.2) is 0 Å². The minimum atomic E-state index is -0.0787. The smallest absolute Gasteiger partial charge is 0.147 e. The summed E-state index contributed by atoms with van der Waals surface area (Å²) in [5.74, 6) is 0.950. The van der Waals surface area contributed by atoms with Crippen LogP contribution >= 0.6 is 0 Å². The molecule has 0 heterocycles. The molecule has 0 aliphatic heterocycles. The molecule has 0 spiro atoms. The predicted molar refractivity (Wildman–Crippen MR) is 82.0 cm³/mol. The number of rotatable bonds is 6. The van der Waals surface area contributed by atoms with E-state index < -0.39 is 0 Å². The first-order valence-electron chi connectivity index (χ1n) is 7.48. The van der Waals surface area contributed by atoms with Crippen molar-refractivity contribution in [2.24, 2.45) is 16.8 Å². The minimum absolute atomic E-state index is 0.0787. The number of nitrogens with one attached hydrogen (secondary N) is 1. The molecule has 1 saturated carbocycles. The molecule has 1 fully saturated rings. The van der Waals surface area contributed by atoms with E-state index in [1.165, 1.54) is 25.7 Å². The van der Waals surface area contributed by atoms with Crippen molar-refractivity contribution in [1.29, 1.82) is 0 Å². The van der Waals surface area contributed by atoms with Gasteiger partial charge in [0.2, 0.25) is 0 Å². The highest BCUT2D eigenvalue weighted by molar-refractivity contribution is 5.87. The van der Waals surface area contributed by atoms with Crippen LogP contribution in [0.15, 0.2) is 35.5 Å². The molecule has 110 valence electrons. The number of oxime groups is 1. The Morgan fingerprint density at radius 3 is 2.60 bits per heavy atom. The van der Waals surface area contributed by atoms with Crippen molar-refractivity contribution in [3.05, 3.63) is 35.9 Å².